The normalized spacial score (nSPS) is 21.4. The third kappa shape index (κ3) is 5.63. The molecule has 2 aromatic heterocycles. The van der Waals surface area contributed by atoms with Gasteiger partial charge in [0.2, 0.25) is 5.91 Å². The molecule has 3 aromatic rings. The number of aliphatic hydroxyl groups is 2. The van der Waals surface area contributed by atoms with Crippen molar-refractivity contribution in [2.75, 3.05) is 12.3 Å². The van der Waals surface area contributed by atoms with Crippen molar-refractivity contribution in [3.8, 4) is 0 Å². The number of aliphatic hydroxyl groups excluding tert-OH is 2. The van der Waals surface area contributed by atoms with Gasteiger partial charge in [0.05, 0.1) is 24.2 Å². The van der Waals surface area contributed by atoms with Crippen LogP contribution in [-0.2, 0) is 24.0 Å². The van der Waals surface area contributed by atoms with Gasteiger partial charge in [0.1, 0.15) is 23.8 Å². The van der Waals surface area contributed by atoms with E-state index in [1.54, 1.807) is 4.72 Å². The molecule has 0 spiro atoms. The highest BCUT2D eigenvalue weighted by Gasteiger charge is 2.45. The molecule has 0 bridgehead atoms. The Morgan fingerprint density at radius 3 is 2.50 bits per heavy atom. The zero-order chi connectivity index (χ0) is 27.6. The lowest BCUT2D eigenvalue weighted by Gasteiger charge is -2.16. The molecule has 202 valence electrons. The first-order valence-corrected chi connectivity index (χ1v) is 12.5. The second-order valence-corrected chi connectivity index (χ2v) is 9.66. The van der Waals surface area contributed by atoms with Crippen LogP contribution in [0.4, 0.5) is 5.69 Å². The minimum atomic E-state index is -4.68. The van der Waals surface area contributed by atoms with E-state index < -0.39 is 72.0 Å². The Morgan fingerprint density at radius 2 is 1.79 bits per heavy atom. The van der Waals surface area contributed by atoms with Gasteiger partial charge in [0.25, 0.3) is 0 Å². The lowest BCUT2D eigenvalue weighted by molar-refractivity contribution is -0.119. The number of hydrogen-bond acceptors (Lipinski definition) is 12. The van der Waals surface area contributed by atoms with Crippen LogP contribution >= 0.6 is 0 Å². The van der Waals surface area contributed by atoms with Gasteiger partial charge in [-0.1, -0.05) is 18.2 Å². The summed E-state index contributed by atoms with van der Waals surface area (Å²) in [7, 11) is -4.68. The van der Waals surface area contributed by atoms with Gasteiger partial charge in [0.15, 0.2) is 17.7 Å². The SMILES string of the molecule is Nc1ccnc2c1ncn2[C@@H]1O[C@H](COS(=O)(=O)NC(=O)CCC(=O)c2ccccc2C(=O)O)[C@@H](O)[C@H]1O. The molecule has 16 heteroatoms. The zero-order valence-electron chi connectivity index (χ0n) is 19.5. The van der Waals surface area contributed by atoms with Crippen molar-refractivity contribution in [1.82, 2.24) is 19.3 Å². The number of imidazole rings is 1. The van der Waals surface area contributed by atoms with Crippen molar-refractivity contribution >= 4 is 44.8 Å². The Kier molecular flexibility index (Phi) is 7.70. The number of nitrogens with one attached hydrogen (secondary N) is 1. The topological polar surface area (TPSA) is 233 Å². The number of aromatic nitrogens is 3. The first-order chi connectivity index (χ1) is 18.0. The van der Waals surface area contributed by atoms with E-state index in [1.165, 1.54) is 47.4 Å². The van der Waals surface area contributed by atoms with Gasteiger partial charge >= 0.3 is 16.3 Å². The number of nitrogens with zero attached hydrogens (tertiary/aromatic N) is 3. The van der Waals surface area contributed by atoms with Crippen molar-refractivity contribution < 1.29 is 47.0 Å². The number of anilines is 1. The fraction of sp³-hybridized carbons (Fsp3) is 0.318. The smallest absolute Gasteiger partial charge is 0.362 e. The lowest BCUT2D eigenvalue weighted by atomic mass is 10.0. The highest BCUT2D eigenvalue weighted by Crippen LogP contribution is 2.32. The molecule has 15 nitrogen and oxygen atoms in total. The largest absolute Gasteiger partial charge is 0.478 e. The van der Waals surface area contributed by atoms with Crippen LogP contribution in [0.3, 0.4) is 0 Å². The maximum atomic E-state index is 12.3. The Labute approximate surface area is 215 Å². The second-order valence-electron chi connectivity index (χ2n) is 8.31. The number of amides is 1. The first-order valence-electron chi connectivity index (χ1n) is 11.1. The summed E-state index contributed by atoms with van der Waals surface area (Å²) in [4.78, 5) is 43.9. The number of rotatable bonds is 10. The Balaban J connectivity index is 1.32. The van der Waals surface area contributed by atoms with Gasteiger partial charge in [-0.2, -0.15) is 8.42 Å². The number of carboxylic acid groups (broad SMARTS) is 1. The number of ether oxygens (including phenoxy) is 1. The highest BCUT2D eigenvalue weighted by atomic mass is 32.2. The molecule has 0 unspecified atom stereocenters. The van der Waals surface area contributed by atoms with Crippen LogP contribution in [0.1, 0.15) is 39.8 Å². The molecule has 1 amide bonds. The van der Waals surface area contributed by atoms with E-state index in [2.05, 4.69) is 9.97 Å². The minimum Gasteiger partial charge on any atom is -0.478 e. The molecule has 1 saturated heterocycles. The number of aromatic carboxylic acids is 1. The molecule has 0 radical (unpaired) electrons. The van der Waals surface area contributed by atoms with E-state index in [0.717, 1.165) is 0 Å². The number of carbonyl (C=O) groups excluding carboxylic acids is 2. The van der Waals surface area contributed by atoms with E-state index in [9.17, 15) is 38.1 Å². The zero-order valence-corrected chi connectivity index (χ0v) is 20.3. The molecule has 38 heavy (non-hydrogen) atoms. The summed E-state index contributed by atoms with van der Waals surface area (Å²) in [5.74, 6) is -3.06. The lowest BCUT2D eigenvalue weighted by Crippen LogP contribution is -2.37. The van der Waals surface area contributed by atoms with Gasteiger partial charge in [-0.05, 0) is 12.1 Å². The number of pyridine rings is 1. The maximum absolute atomic E-state index is 12.3. The molecule has 1 aromatic carbocycles. The van der Waals surface area contributed by atoms with Crippen molar-refractivity contribution in [2.45, 2.75) is 37.4 Å². The third-order valence-corrected chi connectivity index (χ3v) is 6.69. The van der Waals surface area contributed by atoms with Crippen LogP contribution in [-0.4, -0.2) is 80.9 Å². The molecule has 1 aliphatic heterocycles. The first kappa shape index (κ1) is 27.1. The quantitative estimate of drug-likeness (QED) is 0.198. The van der Waals surface area contributed by atoms with E-state index in [1.807, 2.05) is 0 Å². The van der Waals surface area contributed by atoms with Crippen molar-refractivity contribution in [3.05, 3.63) is 54.0 Å². The Morgan fingerprint density at radius 1 is 1.08 bits per heavy atom. The van der Waals surface area contributed by atoms with Gasteiger partial charge < -0.3 is 25.8 Å². The van der Waals surface area contributed by atoms with Gasteiger partial charge in [0, 0.05) is 24.6 Å². The van der Waals surface area contributed by atoms with E-state index in [4.69, 9.17) is 14.7 Å². The number of carboxylic acids is 1. The predicted molar refractivity (Wildman–Crippen MR) is 128 cm³/mol. The molecule has 0 saturated carbocycles. The monoisotopic (exact) mass is 549 g/mol. The Bertz CT molecular complexity index is 1490. The van der Waals surface area contributed by atoms with Crippen LogP contribution in [0, 0.1) is 0 Å². The fourth-order valence-corrected chi connectivity index (χ4v) is 4.64. The van der Waals surface area contributed by atoms with Crippen LogP contribution in [0.5, 0.6) is 0 Å². The summed E-state index contributed by atoms with van der Waals surface area (Å²) in [5, 5.41) is 30.0. The van der Waals surface area contributed by atoms with Crippen LogP contribution in [0.2, 0.25) is 0 Å². The van der Waals surface area contributed by atoms with E-state index in [0.29, 0.717) is 11.2 Å². The summed E-state index contributed by atoms with van der Waals surface area (Å²) in [6.45, 7) is -0.759. The van der Waals surface area contributed by atoms with E-state index >= 15 is 0 Å². The predicted octanol–water partition coefficient (Wildman–Crippen LogP) is -0.628. The molecule has 3 heterocycles. The summed E-state index contributed by atoms with van der Waals surface area (Å²) in [6, 6.07) is 6.95. The number of hydrogen-bond donors (Lipinski definition) is 5. The number of carbonyl (C=O) groups is 3. The van der Waals surface area contributed by atoms with Gasteiger partial charge in [-0.15, -0.1) is 0 Å². The van der Waals surface area contributed by atoms with Crippen molar-refractivity contribution in [1.29, 1.82) is 0 Å². The van der Waals surface area contributed by atoms with Crippen LogP contribution < -0.4 is 10.5 Å². The summed E-state index contributed by atoms with van der Waals surface area (Å²) in [5.41, 5.74) is 6.43. The summed E-state index contributed by atoms with van der Waals surface area (Å²) < 4.78 is 37.7. The number of nitrogen functional groups attached to an aromatic ring is 1. The third-order valence-electron chi connectivity index (χ3n) is 5.77. The highest BCUT2D eigenvalue weighted by molar-refractivity contribution is 7.85. The average molecular weight is 550 g/mol. The number of Topliss-reactive ketones (excluding diaryl/α,β-unsaturated/α-hetero) is 1. The van der Waals surface area contributed by atoms with Crippen LogP contribution in [0.15, 0.2) is 42.9 Å². The number of nitrogens with two attached hydrogens (primary N) is 1. The van der Waals surface area contributed by atoms with Crippen molar-refractivity contribution in [3.63, 3.8) is 0 Å². The number of benzene rings is 1. The summed E-state index contributed by atoms with van der Waals surface area (Å²) in [6.07, 6.45) is -3.86. The molecule has 0 aliphatic carbocycles. The van der Waals surface area contributed by atoms with Crippen LogP contribution in [0.25, 0.3) is 11.2 Å². The molecule has 4 atom stereocenters. The Hall–Kier alpha value is -3.96. The number of fused-ring (bicyclic) bond motifs is 1. The average Bonchev–Trinajstić information content (AvgIpc) is 3.42. The molecule has 6 N–H and O–H groups in total. The molecule has 4 rings (SSSR count). The fourth-order valence-electron chi connectivity index (χ4n) is 3.89. The molecule has 1 fully saturated rings. The maximum Gasteiger partial charge on any atom is 0.362 e. The van der Waals surface area contributed by atoms with Gasteiger partial charge in [-0.25, -0.2) is 19.5 Å². The molecular weight excluding hydrogens is 526 g/mol. The standard InChI is InChI=1S/C22H23N5O10S/c23-13-7-8-24-20-17(13)25-10-27(20)21-19(31)18(30)15(37-21)9-36-38(34,35)26-16(29)6-5-14(28)11-3-1-2-4-12(11)22(32)33/h1-4,7-8,10,15,18-19,21,30-31H,5-6,9H2,(H2,23,24)(H,26,29)(H,32,33)/t15-,18-,19-,21-/m1/s1. The minimum absolute atomic E-state index is 0.115. The number of ketones is 1. The van der Waals surface area contributed by atoms with Gasteiger partial charge in [-0.3, -0.25) is 18.3 Å². The molecule has 1 aliphatic rings. The van der Waals surface area contributed by atoms with E-state index in [-0.39, 0.29) is 16.8 Å². The molecular formula is C22H23N5O10S. The summed E-state index contributed by atoms with van der Waals surface area (Å²) >= 11 is 0. The van der Waals surface area contributed by atoms with Crippen molar-refractivity contribution in [2.24, 2.45) is 0 Å². The second kappa shape index (κ2) is 10.8.